The van der Waals surface area contributed by atoms with E-state index in [1.165, 1.54) is 0 Å². The largest absolute Gasteiger partial charge is 0.493 e. The summed E-state index contributed by atoms with van der Waals surface area (Å²) in [5.41, 5.74) is 1.05. The average Bonchev–Trinajstić information content (AvgIpc) is 2.91. The number of carbonyl (C=O) groups excluding carboxylic acids is 1. The number of nitrogens with one attached hydrogen (secondary N) is 1. The summed E-state index contributed by atoms with van der Waals surface area (Å²) >= 11 is 0. The van der Waals surface area contributed by atoms with Gasteiger partial charge in [0, 0.05) is 26.6 Å². The minimum absolute atomic E-state index is 0.0436. The quantitative estimate of drug-likeness (QED) is 0.814. The van der Waals surface area contributed by atoms with Gasteiger partial charge in [0.05, 0.1) is 26.4 Å². The molecule has 0 aromatic heterocycles. The predicted octanol–water partition coefficient (Wildman–Crippen LogP) is 1.08. The summed E-state index contributed by atoms with van der Waals surface area (Å²) in [7, 11) is 6.93. The van der Waals surface area contributed by atoms with Gasteiger partial charge >= 0.3 is 0 Å². The third-order valence-electron chi connectivity index (χ3n) is 4.19. The summed E-state index contributed by atoms with van der Waals surface area (Å²) in [4.78, 5) is 14.3. The molecule has 1 aliphatic rings. The van der Waals surface area contributed by atoms with Crippen LogP contribution in [0.3, 0.4) is 0 Å². The summed E-state index contributed by atoms with van der Waals surface area (Å²) in [5.74, 6) is 1.42. The molecule has 0 bridgehead atoms. The van der Waals surface area contributed by atoms with Gasteiger partial charge in [0.1, 0.15) is 0 Å². The summed E-state index contributed by atoms with van der Waals surface area (Å²) in [5, 5.41) is 3.07. The molecule has 1 amide bonds. The first-order valence-electron chi connectivity index (χ1n) is 7.79. The zero-order chi connectivity index (χ0) is 16.8. The second-order valence-corrected chi connectivity index (χ2v) is 5.86. The van der Waals surface area contributed by atoms with Gasteiger partial charge in [0.2, 0.25) is 5.91 Å². The molecule has 0 radical (unpaired) electrons. The molecule has 0 unspecified atom stereocenters. The first-order chi connectivity index (χ1) is 11.1. The smallest absolute Gasteiger partial charge is 0.220 e. The van der Waals surface area contributed by atoms with E-state index in [0.29, 0.717) is 24.3 Å². The molecular weight excluding hydrogens is 296 g/mol. The van der Waals surface area contributed by atoms with Gasteiger partial charge in [-0.15, -0.1) is 0 Å². The van der Waals surface area contributed by atoms with E-state index in [1.54, 1.807) is 21.3 Å². The number of carbonyl (C=O) groups is 1. The molecule has 1 aromatic carbocycles. The molecule has 1 aliphatic heterocycles. The maximum absolute atomic E-state index is 12.2. The number of aryl methyl sites for hydroxylation is 1. The summed E-state index contributed by atoms with van der Waals surface area (Å²) in [6.07, 6.45) is 1.16. The van der Waals surface area contributed by atoms with Gasteiger partial charge in [-0.05, 0) is 31.2 Å². The van der Waals surface area contributed by atoms with E-state index in [9.17, 15) is 4.79 Å². The van der Waals surface area contributed by atoms with E-state index >= 15 is 0 Å². The Hall–Kier alpha value is -1.79. The highest BCUT2D eigenvalue weighted by Gasteiger charge is 2.31. The Labute approximate surface area is 137 Å². The van der Waals surface area contributed by atoms with E-state index in [0.717, 1.165) is 18.7 Å². The first-order valence-corrected chi connectivity index (χ1v) is 7.79. The van der Waals surface area contributed by atoms with Crippen LogP contribution in [0.2, 0.25) is 0 Å². The minimum atomic E-state index is 0.0436. The number of rotatable bonds is 7. The molecule has 1 aromatic rings. The van der Waals surface area contributed by atoms with E-state index < -0.39 is 0 Å². The van der Waals surface area contributed by atoms with Crippen LogP contribution in [0, 0.1) is 0 Å². The van der Waals surface area contributed by atoms with Crippen molar-refractivity contribution in [1.29, 1.82) is 0 Å². The van der Waals surface area contributed by atoms with Crippen molar-refractivity contribution in [1.82, 2.24) is 10.2 Å². The summed E-state index contributed by atoms with van der Waals surface area (Å²) < 4.78 is 15.9. The maximum Gasteiger partial charge on any atom is 0.220 e. The fourth-order valence-corrected chi connectivity index (χ4v) is 2.91. The number of methoxy groups -OCH3 is 3. The highest BCUT2D eigenvalue weighted by Crippen LogP contribution is 2.27. The second kappa shape index (κ2) is 8.17. The number of ether oxygens (including phenoxy) is 3. The highest BCUT2D eigenvalue weighted by molar-refractivity contribution is 5.76. The molecule has 128 valence electrons. The first kappa shape index (κ1) is 17.6. The molecule has 6 heteroatoms. The van der Waals surface area contributed by atoms with Gasteiger partial charge in [0.15, 0.2) is 11.5 Å². The van der Waals surface area contributed by atoms with E-state index in [1.807, 2.05) is 25.2 Å². The Morgan fingerprint density at radius 2 is 1.96 bits per heavy atom. The van der Waals surface area contributed by atoms with Gasteiger partial charge in [-0.3, -0.25) is 4.79 Å². The zero-order valence-electron chi connectivity index (χ0n) is 14.3. The van der Waals surface area contributed by atoms with Crippen LogP contribution in [0.1, 0.15) is 12.0 Å². The molecule has 2 atom stereocenters. The van der Waals surface area contributed by atoms with Crippen LogP contribution >= 0.6 is 0 Å². The number of likely N-dealkylation sites (tertiary alicyclic amines) is 1. The normalized spacial score (nSPS) is 21.2. The van der Waals surface area contributed by atoms with Gasteiger partial charge < -0.3 is 24.4 Å². The van der Waals surface area contributed by atoms with Crippen LogP contribution in [0.5, 0.6) is 11.5 Å². The fraction of sp³-hybridized carbons (Fsp3) is 0.588. The Kier molecular flexibility index (Phi) is 6.24. The topological polar surface area (TPSA) is 60.0 Å². The maximum atomic E-state index is 12.2. The molecule has 0 aliphatic carbocycles. The van der Waals surface area contributed by atoms with Gasteiger partial charge in [0.25, 0.3) is 0 Å². The van der Waals surface area contributed by atoms with Crippen molar-refractivity contribution in [3.05, 3.63) is 23.8 Å². The Balaban J connectivity index is 1.87. The monoisotopic (exact) mass is 322 g/mol. The highest BCUT2D eigenvalue weighted by atomic mass is 16.5. The molecule has 1 saturated heterocycles. The number of hydrogen-bond donors (Lipinski definition) is 1. The zero-order valence-corrected chi connectivity index (χ0v) is 14.3. The third-order valence-corrected chi connectivity index (χ3v) is 4.19. The van der Waals surface area contributed by atoms with Crippen LogP contribution in [0.25, 0.3) is 0 Å². The molecule has 0 saturated carbocycles. The van der Waals surface area contributed by atoms with Crippen LogP contribution in [0.15, 0.2) is 18.2 Å². The van der Waals surface area contributed by atoms with Crippen molar-refractivity contribution in [2.75, 3.05) is 41.5 Å². The fourth-order valence-electron chi connectivity index (χ4n) is 2.91. The minimum Gasteiger partial charge on any atom is -0.493 e. The van der Waals surface area contributed by atoms with E-state index in [4.69, 9.17) is 14.2 Å². The van der Waals surface area contributed by atoms with Crippen molar-refractivity contribution in [3.63, 3.8) is 0 Å². The standard InChI is InChI=1S/C17H26N2O4/c1-19-10-13(16(11-19)23-4)18-17(20)8-6-12-5-7-14(21-2)15(9-12)22-3/h5,7,9,13,16H,6,8,10-11H2,1-4H3,(H,18,20)/t13-,16-/m0/s1. The molecule has 6 nitrogen and oxygen atoms in total. The molecule has 23 heavy (non-hydrogen) atoms. The lowest BCUT2D eigenvalue weighted by Crippen LogP contribution is -2.43. The van der Waals surface area contributed by atoms with Crippen molar-refractivity contribution in [3.8, 4) is 11.5 Å². The van der Waals surface area contributed by atoms with Crippen molar-refractivity contribution in [2.24, 2.45) is 0 Å². The summed E-state index contributed by atoms with van der Waals surface area (Å²) in [6, 6.07) is 5.78. The number of likely N-dealkylation sites (N-methyl/N-ethyl adjacent to an activating group) is 1. The van der Waals surface area contributed by atoms with Crippen molar-refractivity contribution >= 4 is 5.91 Å². The Morgan fingerprint density at radius 3 is 2.61 bits per heavy atom. The van der Waals surface area contributed by atoms with Crippen LogP contribution in [-0.2, 0) is 16.0 Å². The molecule has 1 N–H and O–H groups in total. The van der Waals surface area contributed by atoms with Crippen LogP contribution < -0.4 is 14.8 Å². The molecule has 2 rings (SSSR count). The van der Waals surface area contributed by atoms with Gasteiger partial charge in [-0.2, -0.15) is 0 Å². The van der Waals surface area contributed by atoms with Crippen LogP contribution in [-0.4, -0.2) is 64.4 Å². The lowest BCUT2D eigenvalue weighted by Gasteiger charge is -2.18. The van der Waals surface area contributed by atoms with E-state index in [2.05, 4.69) is 10.2 Å². The molecule has 0 spiro atoms. The van der Waals surface area contributed by atoms with Gasteiger partial charge in [-0.25, -0.2) is 0 Å². The number of nitrogens with zero attached hydrogens (tertiary/aromatic N) is 1. The number of benzene rings is 1. The number of hydrogen-bond acceptors (Lipinski definition) is 5. The lowest BCUT2D eigenvalue weighted by atomic mass is 10.1. The predicted molar refractivity (Wildman–Crippen MR) is 88.1 cm³/mol. The molecular formula is C17H26N2O4. The lowest BCUT2D eigenvalue weighted by molar-refractivity contribution is -0.122. The third kappa shape index (κ3) is 4.59. The van der Waals surface area contributed by atoms with E-state index in [-0.39, 0.29) is 18.1 Å². The Bertz CT molecular complexity index is 535. The Morgan fingerprint density at radius 1 is 1.22 bits per heavy atom. The summed E-state index contributed by atoms with van der Waals surface area (Å²) in [6.45, 7) is 1.66. The SMILES string of the molecule is COc1ccc(CCC(=O)N[C@H]2CN(C)C[C@@H]2OC)cc1OC. The van der Waals surface area contributed by atoms with Crippen molar-refractivity contribution in [2.45, 2.75) is 25.0 Å². The second-order valence-electron chi connectivity index (χ2n) is 5.86. The molecule has 1 fully saturated rings. The van der Waals surface area contributed by atoms with Crippen molar-refractivity contribution < 1.29 is 19.0 Å². The van der Waals surface area contributed by atoms with Gasteiger partial charge in [-0.1, -0.05) is 6.07 Å². The molecule has 1 heterocycles. The number of amides is 1. The average molecular weight is 322 g/mol. The van der Waals surface area contributed by atoms with Crippen LogP contribution in [0.4, 0.5) is 0 Å².